The zero-order valence-electron chi connectivity index (χ0n) is 12.2. The SMILES string of the molecule is COc1cc(NCc2ccn(C3CCCC3)n2)ccc1Br. The molecule has 4 nitrogen and oxygen atoms in total. The zero-order chi connectivity index (χ0) is 14.7. The van der Waals surface area contributed by atoms with Crippen molar-refractivity contribution in [2.45, 2.75) is 38.3 Å². The van der Waals surface area contributed by atoms with Crippen molar-refractivity contribution in [3.63, 3.8) is 0 Å². The fraction of sp³-hybridized carbons (Fsp3) is 0.438. The van der Waals surface area contributed by atoms with Crippen LogP contribution in [0, 0.1) is 0 Å². The zero-order valence-corrected chi connectivity index (χ0v) is 13.8. The summed E-state index contributed by atoms with van der Waals surface area (Å²) in [5.41, 5.74) is 2.11. The lowest BCUT2D eigenvalue weighted by molar-refractivity contribution is 0.412. The summed E-state index contributed by atoms with van der Waals surface area (Å²) in [6.07, 6.45) is 7.29. The van der Waals surface area contributed by atoms with Gasteiger partial charge in [-0.25, -0.2) is 0 Å². The van der Waals surface area contributed by atoms with Crippen molar-refractivity contribution in [1.29, 1.82) is 0 Å². The van der Waals surface area contributed by atoms with E-state index in [0.717, 1.165) is 28.1 Å². The van der Waals surface area contributed by atoms with Gasteiger partial charge < -0.3 is 10.1 Å². The number of methoxy groups -OCH3 is 1. The van der Waals surface area contributed by atoms with Crippen molar-refractivity contribution >= 4 is 21.6 Å². The number of nitrogens with one attached hydrogen (secondary N) is 1. The Labute approximate surface area is 133 Å². The molecule has 3 rings (SSSR count). The van der Waals surface area contributed by atoms with E-state index in [1.807, 2.05) is 18.2 Å². The molecule has 1 aromatic heterocycles. The molecule has 0 saturated heterocycles. The molecular weight excluding hydrogens is 330 g/mol. The molecule has 0 bridgehead atoms. The first kappa shape index (κ1) is 14.4. The highest BCUT2D eigenvalue weighted by Gasteiger charge is 2.17. The highest BCUT2D eigenvalue weighted by atomic mass is 79.9. The van der Waals surface area contributed by atoms with E-state index >= 15 is 0 Å². The summed E-state index contributed by atoms with van der Waals surface area (Å²) >= 11 is 3.46. The van der Waals surface area contributed by atoms with Crippen LogP contribution >= 0.6 is 15.9 Å². The van der Waals surface area contributed by atoms with Crippen molar-refractivity contribution in [3.05, 3.63) is 40.6 Å². The fourth-order valence-electron chi connectivity index (χ4n) is 2.81. The first-order valence-corrected chi connectivity index (χ1v) is 8.17. The third-order valence-electron chi connectivity index (χ3n) is 3.99. The second-order valence-corrected chi connectivity index (χ2v) is 6.28. The van der Waals surface area contributed by atoms with Crippen LogP contribution in [0.3, 0.4) is 0 Å². The molecule has 0 atom stereocenters. The van der Waals surface area contributed by atoms with Gasteiger partial charge in [0.05, 0.1) is 29.9 Å². The molecule has 1 heterocycles. The Morgan fingerprint density at radius 3 is 2.90 bits per heavy atom. The van der Waals surface area contributed by atoms with Crippen LogP contribution in [0.15, 0.2) is 34.9 Å². The monoisotopic (exact) mass is 349 g/mol. The number of ether oxygens (including phenoxy) is 1. The molecule has 1 N–H and O–H groups in total. The van der Waals surface area contributed by atoms with Crippen LogP contribution in [0.25, 0.3) is 0 Å². The Kier molecular flexibility index (Phi) is 4.48. The summed E-state index contributed by atoms with van der Waals surface area (Å²) in [6.45, 7) is 0.727. The molecule has 0 unspecified atom stereocenters. The fourth-order valence-corrected chi connectivity index (χ4v) is 3.21. The Bertz CT molecular complexity index is 605. The average Bonchev–Trinajstić information content (AvgIpc) is 3.17. The van der Waals surface area contributed by atoms with E-state index in [2.05, 4.69) is 43.3 Å². The third kappa shape index (κ3) is 3.40. The largest absolute Gasteiger partial charge is 0.495 e. The van der Waals surface area contributed by atoms with Gasteiger partial charge >= 0.3 is 0 Å². The second-order valence-electron chi connectivity index (χ2n) is 5.43. The molecule has 5 heteroatoms. The molecule has 2 aromatic rings. The number of anilines is 1. The number of aromatic nitrogens is 2. The van der Waals surface area contributed by atoms with Crippen LogP contribution in [0.4, 0.5) is 5.69 Å². The highest BCUT2D eigenvalue weighted by molar-refractivity contribution is 9.10. The molecular formula is C16H20BrN3O. The van der Waals surface area contributed by atoms with Gasteiger partial charge in [-0.15, -0.1) is 0 Å². The summed E-state index contributed by atoms with van der Waals surface area (Å²) in [7, 11) is 1.67. The predicted octanol–water partition coefficient (Wildman–Crippen LogP) is 4.38. The van der Waals surface area contributed by atoms with Gasteiger partial charge in [0.1, 0.15) is 5.75 Å². The van der Waals surface area contributed by atoms with Gasteiger partial charge in [0, 0.05) is 18.0 Å². The quantitative estimate of drug-likeness (QED) is 0.870. The van der Waals surface area contributed by atoms with Gasteiger partial charge in [-0.1, -0.05) is 12.8 Å². The Hall–Kier alpha value is -1.49. The predicted molar refractivity (Wildman–Crippen MR) is 87.8 cm³/mol. The lowest BCUT2D eigenvalue weighted by atomic mass is 10.3. The van der Waals surface area contributed by atoms with Crippen LogP contribution in [-0.2, 0) is 6.54 Å². The molecule has 1 aliphatic carbocycles. The van der Waals surface area contributed by atoms with Gasteiger partial charge in [-0.2, -0.15) is 5.10 Å². The molecule has 1 fully saturated rings. The third-order valence-corrected chi connectivity index (χ3v) is 4.64. The van der Waals surface area contributed by atoms with Crippen molar-refractivity contribution in [3.8, 4) is 5.75 Å². The molecule has 112 valence electrons. The molecule has 0 spiro atoms. The van der Waals surface area contributed by atoms with E-state index in [9.17, 15) is 0 Å². The first-order chi connectivity index (χ1) is 10.3. The smallest absolute Gasteiger partial charge is 0.135 e. The number of halogens is 1. The minimum Gasteiger partial charge on any atom is -0.495 e. The van der Waals surface area contributed by atoms with Gasteiger partial charge in [0.15, 0.2) is 0 Å². The van der Waals surface area contributed by atoms with Gasteiger partial charge in [0.2, 0.25) is 0 Å². The maximum atomic E-state index is 5.30. The molecule has 1 aliphatic rings. The Balaban J connectivity index is 1.62. The summed E-state index contributed by atoms with van der Waals surface area (Å²) in [4.78, 5) is 0. The molecule has 0 aliphatic heterocycles. The molecule has 1 saturated carbocycles. The Morgan fingerprint density at radius 1 is 1.33 bits per heavy atom. The van der Waals surface area contributed by atoms with Gasteiger partial charge in [-0.05, 0) is 47.0 Å². The molecule has 0 amide bonds. The normalized spacial score (nSPS) is 15.3. The lowest BCUT2D eigenvalue weighted by Crippen LogP contribution is -2.07. The second kappa shape index (κ2) is 6.52. The van der Waals surface area contributed by atoms with Crippen LogP contribution < -0.4 is 10.1 Å². The molecule has 21 heavy (non-hydrogen) atoms. The first-order valence-electron chi connectivity index (χ1n) is 7.38. The number of hydrogen-bond donors (Lipinski definition) is 1. The van der Waals surface area contributed by atoms with E-state index in [1.165, 1.54) is 25.7 Å². The topological polar surface area (TPSA) is 39.1 Å². The lowest BCUT2D eigenvalue weighted by Gasteiger charge is -2.10. The van der Waals surface area contributed by atoms with E-state index in [0.29, 0.717) is 6.04 Å². The number of hydrogen-bond acceptors (Lipinski definition) is 3. The van der Waals surface area contributed by atoms with Crippen LogP contribution in [0.5, 0.6) is 5.75 Å². The van der Waals surface area contributed by atoms with E-state index in [4.69, 9.17) is 4.74 Å². The van der Waals surface area contributed by atoms with Gasteiger partial charge in [0.25, 0.3) is 0 Å². The van der Waals surface area contributed by atoms with Crippen molar-refractivity contribution in [1.82, 2.24) is 9.78 Å². The van der Waals surface area contributed by atoms with Crippen molar-refractivity contribution in [2.75, 3.05) is 12.4 Å². The summed E-state index contributed by atoms with van der Waals surface area (Å²) in [5, 5.41) is 8.07. The summed E-state index contributed by atoms with van der Waals surface area (Å²) in [5.74, 6) is 0.830. The summed E-state index contributed by atoms with van der Waals surface area (Å²) < 4.78 is 8.39. The van der Waals surface area contributed by atoms with Gasteiger partial charge in [-0.3, -0.25) is 4.68 Å². The maximum absolute atomic E-state index is 5.30. The molecule has 0 radical (unpaired) electrons. The van der Waals surface area contributed by atoms with E-state index < -0.39 is 0 Å². The van der Waals surface area contributed by atoms with Crippen molar-refractivity contribution in [2.24, 2.45) is 0 Å². The minimum atomic E-state index is 0.603. The highest BCUT2D eigenvalue weighted by Crippen LogP contribution is 2.29. The van der Waals surface area contributed by atoms with E-state index in [1.54, 1.807) is 7.11 Å². The summed E-state index contributed by atoms with van der Waals surface area (Å²) in [6, 6.07) is 8.70. The molecule has 1 aromatic carbocycles. The van der Waals surface area contributed by atoms with Crippen LogP contribution in [-0.4, -0.2) is 16.9 Å². The average molecular weight is 350 g/mol. The number of nitrogens with zero attached hydrogens (tertiary/aromatic N) is 2. The van der Waals surface area contributed by atoms with Crippen molar-refractivity contribution < 1.29 is 4.74 Å². The van der Waals surface area contributed by atoms with Crippen LogP contribution in [0.2, 0.25) is 0 Å². The van der Waals surface area contributed by atoms with Crippen LogP contribution in [0.1, 0.15) is 37.4 Å². The number of rotatable bonds is 5. The maximum Gasteiger partial charge on any atom is 0.135 e. The van der Waals surface area contributed by atoms with E-state index in [-0.39, 0.29) is 0 Å². The Morgan fingerprint density at radius 2 is 2.14 bits per heavy atom. The number of benzene rings is 1. The standard InChI is InChI=1S/C16H20BrN3O/c1-21-16-10-12(6-7-15(16)17)18-11-13-8-9-20(19-13)14-4-2-3-5-14/h6-10,14,18H,2-5,11H2,1H3. The minimum absolute atomic E-state index is 0.603.